The van der Waals surface area contributed by atoms with Crippen LogP contribution in [0.15, 0.2) is 55.0 Å². The first-order chi connectivity index (χ1) is 10.2. The number of aromatic carboxylic acids is 1. The van der Waals surface area contributed by atoms with Gasteiger partial charge in [-0.3, -0.25) is 0 Å². The van der Waals surface area contributed by atoms with Crippen molar-refractivity contribution >= 4 is 16.7 Å². The number of carboxylic acids is 1. The molecule has 0 fully saturated rings. The first kappa shape index (κ1) is 13.1. The third-order valence-corrected chi connectivity index (χ3v) is 3.12. The molecule has 0 amide bonds. The van der Waals surface area contributed by atoms with Gasteiger partial charge in [-0.1, -0.05) is 30.3 Å². The first-order valence-electron chi connectivity index (χ1n) is 6.38. The maximum Gasteiger partial charge on any atom is 0.339 e. The van der Waals surface area contributed by atoms with Gasteiger partial charge in [0.05, 0.1) is 5.69 Å². The molecular formula is C16H12N2O3. The van der Waals surface area contributed by atoms with E-state index in [0.29, 0.717) is 11.4 Å². The quantitative estimate of drug-likeness (QED) is 0.795. The van der Waals surface area contributed by atoms with Crippen molar-refractivity contribution in [3.63, 3.8) is 0 Å². The van der Waals surface area contributed by atoms with Crippen molar-refractivity contribution in [3.05, 3.63) is 66.2 Å². The molecule has 0 unspecified atom stereocenters. The SMILES string of the molecule is O=C(O)c1cncnc1COc1ccc2ccccc2c1. The lowest BCUT2D eigenvalue weighted by Crippen LogP contribution is -2.08. The van der Waals surface area contributed by atoms with Crippen LogP contribution in [-0.4, -0.2) is 21.0 Å². The molecule has 1 N–H and O–H groups in total. The van der Waals surface area contributed by atoms with Gasteiger partial charge in [0.15, 0.2) is 0 Å². The second kappa shape index (κ2) is 5.58. The Hall–Kier alpha value is -2.95. The van der Waals surface area contributed by atoms with E-state index < -0.39 is 5.97 Å². The first-order valence-corrected chi connectivity index (χ1v) is 6.38. The third kappa shape index (κ3) is 2.81. The summed E-state index contributed by atoms with van der Waals surface area (Å²) in [5, 5.41) is 11.3. The van der Waals surface area contributed by atoms with Gasteiger partial charge in [-0.05, 0) is 22.9 Å². The number of ether oxygens (including phenoxy) is 1. The van der Waals surface area contributed by atoms with Crippen molar-refractivity contribution in [2.45, 2.75) is 6.61 Å². The topological polar surface area (TPSA) is 72.3 Å². The van der Waals surface area contributed by atoms with Crippen LogP contribution in [0.3, 0.4) is 0 Å². The molecule has 0 atom stereocenters. The maximum absolute atomic E-state index is 11.1. The number of fused-ring (bicyclic) bond motifs is 1. The van der Waals surface area contributed by atoms with Gasteiger partial charge in [-0.25, -0.2) is 14.8 Å². The van der Waals surface area contributed by atoms with Gasteiger partial charge in [0.25, 0.3) is 0 Å². The van der Waals surface area contributed by atoms with E-state index in [1.165, 1.54) is 12.5 Å². The highest BCUT2D eigenvalue weighted by atomic mass is 16.5. The van der Waals surface area contributed by atoms with Crippen molar-refractivity contribution < 1.29 is 14.6 Å². The fourth-order valence-electron chi connectivity index (χ4n) is 2.06. The Balaban J connectivity index is 1.82. The monoisotopic (exact) mass is 280 g/mol. The minimum absolute atomic E-state index is 0.0540. The van der Waals surface area contributed by atoms with Crippen LogP contribution in [-0.2, 0) is 6.61 Å². The molecular weight excluding hydrogens is 268 g/mol. The number of carboxylic acid groups (broad SMARTS) is 1. The van der Waals surface area contributed by atoms with E-state index in [0.717, 1.165) is 10.8 Å². The Morgan fingerprint density at radius 3 is 2.76 bits per heavy atom. The van der Waals surface area contributed by atoms with E-state index in [9.17, 15) is 4.79 Å². The minimum Gasteiger partial charge on any atom is -0.487 e. The summed E-state index contributed by atoms with van der Waals surface area (Å²) >= 11 is 0. The number of carbonyl (C=O) groups is 1. The van der Waals surface area contributed by atoms with E-state index in [-0.39, 0.29) is 12.2 Å². The van der Waals surface area contributed by atoms with Crippen LogP contribution in [0.4, 0.5) is 0 Å². The molecule has 3 aromatic rings. The lowest BCUT2D eigenvalue weighted by molar-refractivity contribution is 0.0692. The summed E-state index contributed by atoms with van der Waals surface area (Å²) < 4.78 is 5.64. The molecule has 0 saturated carbocycles. The molecule has 5 heteroatoms. The fraction of sp³-hybridized carbons (Fsp3) is 0.0625. The average Bonchev–Trinajstić information content (AvgIpc) is 2.53. The molecule has 3 rings (SSSR count). The summed E-state index contributed by atoms with van der Waals surface area (Å²) in [4.78, 5) is 18.7. The highest BCUT2D eigenvalue weighted by Crippen LogP contribution is 2.21. The van der Waals surface area contributed by atoms with Crippen LogP contribution in [0.1, 0.15) is 16.1 Å². The highest BCUT2D eigenvalue weighted by molar-refractivity contribution is 5.88. The Kier molecular flexibility index (Phi) is 3.47. The van der Waals surface area contributed by atoms with Crippen molar-refractivity contribution in [3.8, 4) is 5.75 Å². The summed E-state index contributed by atoms with van der Waals surface area (Å²) in [6.07, 6.45) is 2.58. The van der Waals surface area contributed by atoms with Crippen LogP contribution in [0.25, 0.3) is 10.8 Å². The van der Waals surface area contributed by atoms with E-state index in [1.54, 1.807) is 0 Å². The van der Waals surface area contributed by atoms with Gasteiger partial charge in [0.2, 0.25) is 0 Å². The molecule has 0 bridgehead atoms. The number of rotatable bonds is 4. The van der Waals surface area contributed by atoms with Crippen molar-refractivity contribution in [1.29, 1.82) is 0 Å². The molecule has 5 nitrogen and oxygen atoms in total. The van der Waals surface area contributed by atoms with Crippen LogP contribution in [0.2, 0.25) is 0 Å². The predicted molar refractivity (Wildman–Crippen MR) is 77.3 cm³/mol. The highest BCUT2D eigenvalue weighted by Gasteiger charge is 2.11. The van der Waals surface area contributed by atoms with Gasteiger partial charge >= 0.3 is 5.97 Å². The van der Waals surface area contributed by atoms with Gasteiger partial charge in [0, 0.05) is 6.20 Å². The lowest BCUT2D eigenvalue weighted by atomic mass is 10.1. The number of nitrogens with zero attached hydrogens (tertiary/aromatic N) is 2. The largest absolute Gasteiger partial charge is 0.487 e. The van der Waals surface area contributed by atoms with Gasteiger partial charge in [-0.15, -0.1) is 0 Å². The Labute approximate surface area is 120 Å². The van der Waals surface area contributed by atoms with Crippen LogP contribution in [0.5, 0.6) is 5.75 Å². The summed E-state index contributed by atoms with van der Waals surface area (Å²) in [5.74, 6) is -0.392. The molecule has 0 radical (unpaired) electrons. The zero-order chi connectivity index (χ0) is 14.7. The Morgan fingerprint density at radius 1 is 1.14 bits per heavy atom. The van der Waals surface area contributed by atoms with Gasteiger partial charge in [-0.2, -0.15) is 0 Å². The fourth-order valence-corrected chi connectivity index (χ4v) is 2.06. The summed E-state index contributed by atoms with van der Waals surface area (Å²) in [5.41, 5.74) is 0.406. The molecule has 0 aliphatic carbocycles. The Bertz CT molecular complexity index is 802. The number of hydrogen-bond acceptors (Lipinski definition) is 4. The number of benzene rings is 2. The molecule has 1 aromatic heterocycles. The molecule has 0 spiro atoms. The normalized spacial score (nSPS) is 10.5. The third-order valence-electron chi connectivity index (χ3n) is 3.12. The average molecular weight is 280 g/mol. The minimum atomic E-state index is -1.06. The van der Waals surface area contributed by atoms with E-state index in [2.05, 4.69) is 9.97 Å². The van der Waals surface area contributed by atoms with Gasteiger partial charge < -0.3 is 9.84 Å². The summed E-state index contributed by atoms with van der Waals surface area (Å²) in [7, 11) is 0. The summed E-state index contributed by atoms with van der Waals surface area (Å²) in [6.45, 7) is 0.0858. The van der Waals surface area contributed by atoms with E-state index >= 15 is 0 Å². The molecule has 0 aliphatic rings. The second-order valence-corrected chi connectivity index (χ2v) is 4.49. The predicted octanol–water partition coefficient (Wildman–Crippen LogP) is 2.91. The molecule has 1 heterocycles. The lowest BCUT2D eigenvalue weighted by Gasteiger charge is -2.08. The van der Waals surface area contributed by atoms with Crippen molar-refractivity contribution in [2.24, 2.45) is 0 Å². The zero-order valence-electron chi connectivity index (χ0n) is 11.1. The smallest absolute Gasteiger partial charge is 0.339 e. The second-order valence-electron chi connectivity index (χ2n) is 4.49. The molecule has 21 heavy (non-hydrogen) atoms. The van der Waals surface area contributed by atoms with Crippen LogP contribution in [0, 0.1) is 0 Å². The number of hydrogen-bond donors (Lipinski definition) is 1. The molecule has 104 valence electrons. The maximum atomic E-state index is 11.1. The number of aromatic nitrogens is 2. The Morgan fingerprint density at radius 2 is 1.95 bits per heavy atom. The summed E-state index contributed by atoms with van der Waals surface area (Å²) in [6, 6.07) is 13.7. The van der Waals surface area contributed by atoms with Gasteiger partial charge in [0.1, 0.15) is 24.2 Å². The van der Waals surface area contributed by atoms with E-state index in [1.807, 2.05) is 42.5 Å². The van der Waals surface area contributed by atoms with Crippen LogP contribution >= 0.6 is 0 Å². The zero-order valence-corrected chi connectivity index (χ0v) is 11.1. The van der Waals surface area contributed by atoms with Crippen molar-refractivity contribution in [1.82, 2.24) is 9.97 Å². The molecule has 0 saturated heterocycles. The van der Waals surface area contributed by atoms with Crippen LogP contribution < -0.4 is 4.74 Å². The van der Waals surface area contributed by atoms with E-state index in [4.69, 9.17) is 9.84 Å². The standard InChI is InChI=1S/C16H12N2O3/c19-16(20)14-8-17-10-18-15(14)9-21-13-6-5-11-3-1-2-4-12(11)7-13/h1-8,10H,9H2,(H,19,20). The molecule has 0 aliphatic heterocycles. The molecule has 2 aromatic carbocycles. The van der Waals surface area contributed by atoms with Crippen molar-refractivity contribution in [2.75, 3.05) is 0 Å².